The van der Waals surface area contributed by atoms with Gasteiger partial charge >= 0.3 is 39.5 Å². The van der Waals surface area contributed by atoms with E-state index in [-0.39, 0.29) is 25.7 Å². The smallest absolute Gasteiger partial charge is 0.462 e. The van der Waals surface area contributed by atoms with Crippen LogP contribution in [0.4, 0.5) is 0 Å². The molecule has 0 spiro atoms. The number of hydrogen-bond acceptors (Lipinski definition) is 15. The second kappa shape index (κ2) is 66.0. The maximum atomic E-state index is 13.1. The standard InChI is InChI=1S/C74H144O17P2/c1-7-9-11-13-15-17-18-19-20-23-26-29-33-39-45-51-57-72(77)85-62-69(90-73(78)58-52-46-40-34-30-27-24-21-22-25-28-32-36-42-48-54-66(3)4)64-88-92(80,81)86-60-68(75)61-87-93(82,83)89-65-70(63-84-71(76)56-50-44-38-31-16-14-12-10-8-2)91-74(79)59-53-47-41-35-37-43-49-55-67(5)6/h66-70,75H,7-65H2,1-6H3,(H,80,81)(H,82,83)/t68-,69-,70-/m1/s1. The van der Waals surface area contributed by atoms with Crippen molar-refractivity contribution < 1.29 is 80.2 Å². The Morgan fingerprint density at radius 3 is 0.731 bits per heavy atom. The van der Waals surface area contributed by atoms with Gasteiger partial charge in [0.05, 0.1) is 26.4 Å². The van der Waals surface area contributed by atoms with Crippen LogP contribution >= 0.6 is 15.6 Å². The number of unbranched alkanes of at least 4 members (excludes halogenated alkanes) is 43. The first kappa shape index (κ1) is 91.1. The lowest BCUT2D eigenvalue weighted by Crippen LogP contribution is -2.30. The summed E-state index contributed by atoms with van der Waals surface area (Å²) in [5.74, 6) is -0.623. The molecule has 0 radical (unpaired) electrons. The lowest BCUT2D eigenvalue weighted by Gasteiger charge is -2.21. The fourth-order valence-electron chi connectivity index (χ4n) is 11.3. The molecule has 3 N–H and O–H groups in total. The van der Waals surface area contributed by atoms with Gasteiger partial charge in [-0.05, 0) is 37.5 Å². The number of aliphatic hydroxyl groups is 1. The average Bonchev–Trinajstić information content (AvgIpc) is 2.60. The minimum Gasteiger partial charge on any atom is -0.462 e. The molecular formula is C74H144O17P2. The first-order chi connectivity index (χ1) is 44.9. The van der Waals surface area contributed by atoms with Gasteiger partial charge in [-0.2, -0.15) is 0 Å². The van der Waals surface area contributed by atoms with Crippen LogP contribution in [-0.4, -0.2) is 96.7 Å². The van der Waals surface area contributed by atoms with Crippen molar-refractivity contribution in [2.24, 2.45) is 11.8 Å². The van der Waals surface area contributed by atoms with Gasteiger partial charge in [-0.25, -0.2) is 9.13 Å². The Hall–Kier alpha value is -1.94. The van der Waals surface area contributed by atoms with Gasteiger partial charge in [-0.1, -0.05) is 330 Å². The molecule has 0 aromatic rings. The summed E-state index contributed by atoms with van der Waals surface area (Å²) >= 11 is 0. The predicted molar refractivity (Wildman–Crippen MR) is 377 cm³/mol. The van der Waals surface area contributed by atoms with Crippen LogP contribution in [0.25, 0.3) is 0 Å². The van der Waals surface area contributed by atoms with E-state index in [1.54, 1.807) is 0 Å². The third kappa shape index (κ3) is 68.4. The van der Waals surface area contributed by atoms with Gasteiger partial charge in [-0.3, -0.25) is 37.3 Å². The minimum absolute atomic E-state index is 0.104. The summed E-state index contributed by atoms with van der Waals surface area (Å²) in [6.45, 7) is 9.53. The van der Waals surface area contributed by atoms with Gasteiger partial charge in [0.15, 0.2) is 12.2 Å². The van der Waals surface area contributed by atoms with Crippen molar-refractivity contribution in [1.82, 2.24) is 0 Å². The van der Waals surface area contributed by atoms with E-state index in [1.165, 1.54) is 199 Å². The Morgan fingerprint density at radius 1 is 0.290 bits per heavy atom. The number of rotatable bonds is 73. The normalized spacial score (nSPS) is 14.1. The number of hydrogen-bond donors (Lipinski definition) is 3. The number of esters is 4. The highest BCUT2D eigenvalue weighted by molar-refractivity contribution is 7.47. The molecule has 0 aliphatic rings. The summed E-state index contributed by atoms with van der Waals surface area (Å²) in [6.07, 6.45) is 52.8. The summed E-state index contributed by atoms with van der Waals surface area (Å²) in [5, 5.41) is 10.6. The van der Waals surface area contributed by atoms with E-state index < -0.39 is 97.5 Å². The van der Waals surface area contributed by atoms with Crippen LogP contribution in [0.1, 0.15) is 382 Å². The maximum Gasteiger partial charge on any atom is 0.472 e. The van der Waals surface area contributed by atoms with Gasteiger partial charge < -0.3 is 33.8 Å². The van der Waals surface area contributed by atoms with Crippen molar-refractivity contribution in [2.75, 3.05) is 39.6 Å². The molecule has 0 fully saturated rings. The third-order valence-corrected chi connectivity index (χ3v) is 19.1. The summed E-state index contributed by atoms with van der Waals surface area (Å²) in [6, 6.07) is 0. The molecule has 17 nitrogen and oxygen atoms in total. The van der Waals surface area contributed by atoms with Gasteiger partial charge in [0.1, 0.15) is 19.3 Å². The molecule has 0 aromatic carbocycles. The largest absolute Gasteiger partial charge is 0.472 e. The second-order valence-corrected chi connectivity index (χ2v) is 30.5. The molecule has 0 aliphatic heterocycles. The van der Waals surface area contributed by atoms with Gasteiger partial charge in [0, 0.05) is 25.7 Å². The topological polar surface area (TPSA) is 237 Å². The highest BCUT2D eigenvalue weighted by atomic mass is 31.2. The van der Waals surface area contributed by atoms with Crippen molar-refractivity contribution >= 4 is 39.5 Å². The molecular weight excluding hydrogens is 1220 g/mol. The predicted octanol–water partition coefficient (Wildman–Crippen LogP) is 21.6. The van der Waals surface area contributed by atoms with Crippen LogP contribution in [0, 0.1) is 11.8 Å². The lowest BCUT2D eigenvalue weighted by molar-refractivity contribution is -0.161. The van der Waals surface area contributed by atoms with Crippen LogP contribution in [0.3, 0.4) is 0 Å². The van der Waals surface area contributed by atoms with Crippen LogP contribution in [0.2, 0.25) is 0 Å². The van der Waals surface area contributed by atoms with Crippen molar-refractivity contribution in [1.29, 1.82) is 0 Å². The summed E-state index contributed by atoms with van der Waals surface area (Å²) in [5.41, 5.74) is 0. The number of ether oxygens (including phenoxy) is 4. The highest BCUT2D eigenvalue weighted by Gasteiger charge is 2.30. The van der Waals surface area contributed by atoms with Crippen molar-refractivity contribution in [3.8, 4) is 0 Å². The second-order valence-electron chi connectivity index (χ2n) is 27.6. The molecule has 0 heterocycles. The average molecular weight is 1370 g/mol. The number of aliphatic hydroxyl groups excluding tert-OH is 1. The Bertz CT molecular complexity index is 1800. The number of carbonyl (C=O) groups is 4. The molecule has 0 saturated carbocycles. The maximum absolute atomic E-state index is 13.1. The van der Waals surface area contributed by atoms with Crippen molar-refractivity contribution in [2.45, 2.75) is 400 Å². The molecule has 0 rings (SSSR count). The van der Waals surface area contributed by atoms with Crippen LogP contribution < -0.4 is 0 Å². The van der Waals surface area contributed by atoms with Gasteiger partial charge in [-0.15, -0.1) is 0 Å². The number of phosphoric acid groups is 2. The van der Waals surface area contributed by atoms with Crippen molar-refractivity contribution in [3.63, 3.8) is 0 Å². The molecule has 0 aromatic heterocycles. The summed E-state index contributed by atoms with van der Waals surface area (Å²) < 4.78 is 68.4. The molecule has 19 heteroatoms. The Labute approximate surface area is 568 Å². The van der Waals surface area contributed by atoms with Gasteiger partial charge in [0.25, 0.3) is 0 Å². The fraction of sp³-hybridized carbons (Fsp3) is 0.946. The summed E-state index contributed by atoms with van der Waals surface area (Å²) in [4.78, 5) is 72.6. The molecule has 5 atom stereocenters. The first-order valence-electron chi connectivity index (χ1n) is 38.5. The SMILES string of the molecule is CCCCCCCCCCCCCCCCCCC(=O)OC[C@H](COP(=O)(O)OC[C@@H](O)COP(=O)(O)OC[C@@H](COC(=O)CCCCCCCCCCC)OC(=O)CCCCCCCCCC(C)C)OC(=O)CCCCCCCCCCCCCCCCCC(C)C. The van der Waals surface area contributed by atoms with E-state index in [4.69, 9.17) is 37.0 Å². The van der Waals surface area contributed by atoms with Crippen LogP contribution in [-0.2, 0) is 65.4 Å². The molecule has 552 valence electrons. The van der Waals surface area contributed by atoms with E-state index in [0.29, 0.717) is 31.6 Å². The molecule has 0 amide bonds. The summed E-state index contributed by atoms with van der Waals surface area (Å²) in [7, 11) is -9.90. The van der Waals surface area contributed by atoms with E-state index in [9.17, 15) is 43.2 Å². The minimum atomic E-state index is -4.96. The molecule has 0 aliphatic carbocycles. The molecule has 0 bridgehead atoms. The zero-order chi connectivity index (χ0) is 68.6. The van der Waals surface area contributed by atoms with E-state index >= 15 is 0 Å². The van der Waals surface area contributed by atoms with Crippen LogP contribution in [0.5, 0.6) is 0 Å². The Kier molecular flexibility index (Phi) is 64.6. The first-order valence-corrected chi connectivity index (χ1v) is 41.5. The Morgan fingerprint density at radius 2 is 0.495 bits per heavy atom. The van der Waals surface area contributed by atoms with Crippen LogP contribution in [0.15, 0.2) is 0 Å². The number of carbonyl (C=O) groups excluding carboxylic acids is 4. The molecule has 0 saturated heterocycles. The van der Waals surface area contributed by atoms with E-state index in [1.807, 2.05) is 0 Å². The van der Waals surface area contributed by atoms with E-state index in [0.717, 1.165) is 95.8 Å². The third-order valence-electron chi connectivity index (χ3n) is 17.2. The van der Waals surface area contributed by atoms with Crippen molar-refractivity contribution in [3.05, 3.63) is 0 Å². The van der Waals surface area contributed by atoms with E-state index in [2.05, 4.69) is 41.5 Å². The quantitative estimate of drug-likeness (QED) is 0.0222. The Balaban J connectivity index is 5.21. The number of phosphoric ester groups is 2. The zero-order valence-corrected chi connectivity index (χ0v) is 62.3. The molecule has 93 heavy (non-hydrogen) atoms. The fourth-order valence-corrected chi connectivity index (χ4v) is 12.9. The molecule has 2 unspecified atom stereocenters. The van der Waals surface area contributed by atoms with Gasteiger partial charge in [0.2, 0.25) is 0 Å². The highest BCUT2D eigenvalue weighted by Crippen LogP contribution is 2.45. The monoisotopic (exact) mass is 1370 g/mol. The lowest BCUT2D eigenvalue weighted by atomic mass is 10.0. The zero-order valence-electron chi connectivity index (χ0n) is 60.6.